The molecule has 0 aliphatic carbocycles. The molecule has 2 aromatic rings. The van der Waals surface area contributed by atoms with Crippen molar-refractivity contribution >= 4 is 17.6 Å². The molecule has 0 fully saturated rings. The normalized spacial score (nSPS) is 6.04. The summed E-state index contributed by atoms with van der Waals surface area (Å²) in [7, 11) is 0. The van der Waals surface area contributed by atoms with Crippen molar-refractivity contribution in [2.24, 2.45) is 0 Å². The molecular formula is C14H11Ar11ClO2. The van der Waals surface area contributed by atoms with Crippen LogP contribution in [0, 0.1) is 415 Å². The molecule has 0 heterocycles. The number of carbonyl (C=O) groups excluding carboxylic acids is 1. The predicted molar refractivity (Wildman–Crippen MR) is 67.0 cm³/mol. The zero-order valence-electron chi connectivity index (χ0n) is 13.0. The van der Waals surface area contributed by atoms with Crippen molar-refractivity contribution in [2.75, 3.05) is 0 Å². The summed E-state index contributed by atoms with van der Waals surface area (Å²) in [6, 6.07) is 16.2. The van der Waals surface area contributed by atoms with Gasteiger partial charge in [0.05, 0.1) is 5.56 Å². The molecule has 28 heavy (non-hydrogen) atoms. The van der Waals surface area contributed by atoms with Crippen LogP contribution in [-0.4, -0.2) is 5.97 Å². The number of rotatable bonds is 3. The Balaban J connectivity index is -0.0000000368. The molecule has 0 aromatic heterocycles. The second-order valence-corrected chi connectivity index (χ2v) is 4.01. The Labute approximate surface area is 502 Å². The number of hydrogen-bond donors (Lipinski definition) is 0. The zero-order chi connectivity index (χ0) is 12.1. The number of benzene rings is 2. The SMILES string of the molecule is O=C(OCc1cccc(Cl)c1)c1ccccc1.[Ar].[Ar].[Ar].[Ar].[Ar].[Ar].[Ar].[Ar].[Ar].[Ar].[Ar]. The van der Waals surface area contributed by atoms with Gasteiger partial charge >= 0.3 is 5.97 Å². The van der Waals surface area contributed by atoms with Gasteiger partial charge in [-0.2, -0.15) is 0 Å². The third-order valence-electron chi connectivity index (χ3n) is 2.27. The van der Waals surface area contributed by atoms with Gasteiger partial charge in [-0.05, 0) is 29.8 Å². The fourth-order valence-corrected chi connectivity index (χ4v) is 1.65. The molecule has 174 valence electrons. The molecule has 0 saturated carbocycles. The molecule has 0 bridgehead atoms. The maximum Gasteiger partial charge on any atom is 0.338 e. The molecule has 0 N–H and O–H groups in total. The van der Waals surface area contributed by atoms with Gasteiger partial charge in [0.15, 0.2) is 0 Å². The van der Waals surface area contributed by atoms with Crippen LogP contribution in [0.1, 0.15) is 15.9 Å². The van der Waals surface area contributed by atoms with Gasteiger partial charge in [0.2, 0.25) is 0 Å². The molecule has 2 aromatic carbocycles. The molecule has 2 rings (SSSR count). The van der Waals surface area contributed by atoms with E-state index in [4.69, 9.17) is 16.3 Å². The van der Waals surface area contributed by atoms with Crippen molar-refractivity contribution in [1.29, 1.82) is 0 Å². The minimum Gasteiger partial charge on any atom is -0.457 e. The summed E-state index contributed by atoms with van der Waals surface area (Å²) in [6.07, 6.45) is 0. The Hall–Kier alpha value is 12.1. The summed E-state index contributed by atoms with van der Waals surface area (Å²) >= 11 is 5.84. The summed E-state index contributed by atoms with van der Waals surface area (Å²) in [5, 5.41) is 0.637. The van der Waals surface area contributed by atoms with E-state index in [1.807, 2.05) is 18.2 Å². The largest absolute Gasteiger partial charge is 0.457 e. The second kappa shape index (κ2) is 46.0. The average Bonchev–Trinajstić information content (AvgIpc) is 2.37. The van der Waals surface area contributed by atoms with Gasteiger partial charge in [0.1, 0.15) is 6.61 Å². The summed E-state index contributed by atoms with van der Waals surface area (Å²) in [5.74, 6) is -0.328. The van der Waals surface area contributed by atoms with Gasteiger partial charge in [-0.3, -0.25) is 0 Å². The van der Waals surface area contributed by atoms with Gasteiger partial charge in [-0.1, -0.05) is 41.9 Å². The Kier molecular flexibility index (Phi) is 111. The van der Waals surface area contributed by atoms with Crippen LogP contribution < -0.4 is 0 Å². The fourth-order valence-electron chi connectivity index (χ4n) is 1.43. The Morgan fingerprint density at radius 3 is 1.57 bits per heavy atom. The third-order valence-corrected chi connectivity index (χ3v) is 2.50. The van der Waals surface area contributed by atoms with Gasteiger partial charge in [0, 0.05) is 420 Å². The molecule has 0 radical (unpaired) electrons. The van der Waals surface area contributed by atoms with Crippen LogP contribution in [0.15, 0.2) is 54.6 Å². The smallest absolute Gasteiger partial charge is 0.338 e. The van der Waals surface area contributed by atoms with Crippen molar-refractivity contribution < 1.29 is 425 Å². The van der Waals surface area contributed by atoms with Crippen LogP contribution in [0.3, 0.4) is 0 Å². The van der Waals surface area contributed by atoms with Crippen LogP contribution in [0.2, 0.25) is 5.02 Å². The molecule has 0 unspecified atom stereocenters. The predicted octanol–water partition coefficient (Wildman–Crippen LogP) is 3.70. The molecule has 0 atom stereocenters. The Morgan fingerprint density at radius 1 is 0.679 bits per heavy atom. The van der Waals surface area contributed by atoms with E-state index >= 15 is 0 Å². The van der Waals surface area contributed by atoms with E-state index in [2.05, 4.69) is 0 Å². The molecule has 2 nitrogen and oxygen atoms in total. The van der Waals surface area contributed by atoms with Crippen LogP contribution in [0.4, 0.5) is 0 Å². The van der Waals surface area contributed by atoms with E-state index < -0.39 is 0 Å². The van der Waals surface area contributed by atoms with Crippen molar-refractivity contribution in [3.8, 4) is 0 Å². The van der Waals surface area contributed by atoms with Crippen molar-refractivity contribution in [3.63, 3.8) is 0 Å². The average molecular weight is 686 g/mol. The topological polar surface area (TPSA) is 26.3 Å². The third kappa shape index (κ3) is 34.3. The first-order valence-electron chi connectivity index (χ1n) is 5.22. The van der Waals surface area contributed by atoms with E-state index in [0.29, 0.717) is 10.6 Å². The molecule has 0 aliphatic rings. The minimum absolute atomic E-state index is 0. The first-order valence-corrected chi connectivity index (χ1v) is 5.60. The number of esters is 1. The zero-order valence-corrected chi connectivity index (χ0v) is 21.5. The van der Waals surface area contributed by atoms with E-state index in [9.17, 15) is 4.79 Å². The minimum atomic E-state index is -0.328. The van der Waals surface area contributed by atoms with E-state index in [0.717, 1.165) is 5.56 Å². The quantitative estimate of drug-likeness (QED) is 0.461. The standard InChI is InChI=1S/C14H11ClO2.11Ar/c15-13-8-4-5-11(9-13)10-17-14(16)12-6-2-1-3-7-12;;;;;;;;;;;/h1-9H,10H2;;;;;;;;;;;. The number of halogens is 1. The van der Waals surface area contributed by atoms with Crippen molar-refractivity contribution in [2.45, 2.75) is 6.61 Å². The summed E-state index contributed by atoms with van der Waals surface area (Å²) in [5.41, 5.74) is 1.43. The Bertz CT molecular complexity index is 536. The Morgan fingerprint density at radius 2 is 1.14 bits per heavy atom. The first-order chi connectivity index (χ1) is 8.25. The van der Waals surface area contributed by atoms with Crippen molar-refractivity contribution in [1.82, 2.24) is 0 Å². The molecule has 0 saturated heterocycles. The van der Waals surface area contributed by atoms with E-state index in [1.165, 1.54) is 0 Å². The number of carbonyl (C=O) groups is 1. The van der Waals surface area contributed by atoms with Gasteiger partial charge in [0.25, 0.3) is 0 Å². The molecule has 14 heteroatoms. The van der Waals surface area contributed by atoms with E-state index in [1.54, 1.807) is 36.4 Å². The van der Waals surface area contributed by atoms with Gasteiger partial charge in [-0.25, -0.2) is 4.79 Å². The molecular weight excluding hydrogens is 675 g/mol. The summed E-state index contributed by atoms with van der Waals surface area (Å²) in [6.45, 7) is 0.230. The first kappa shape index (κ1) is 67.6. The second-order valence-electron chi connectivity index (χ2n) is 3.57. The van der Waals surface area contributed by atoms with E-state index in [-0.39, 0.29) is 428 Å². The van der Waals surface area contributed by atoms with Crippen LogP contribution >= 0.6 is 11.6 Å². The van der Waals surface area contributed by atoms with Gasteiger partial charge in [-0.15, -0.1) is 0 Å². The monoisotopic (exact) mass is 686 g/mol. The molecule has 0 amide bonds. The van der Waals surface area contributed by atoms with Crippen LogP contribution in [-0.2, 0) is 11.3 Å². The van der Waals surface area contributed by atoms with Crippen molar-refractivity contribution in [3.05, 3.63) is 70.7 Å². The number of hydrogen-bond acceptors (Lipinski definition) is 2. The van der Waals surface area contributed by atoms with Crippen LogP contribution in [0.5, 0.6) is 0 Å². The molecule has 0 spiro atoms. The summed E-state index contributed by atoms with van der Waals surface area (Å²) in [4.78, 5) is 11.6. The fraction of sp³-hybridized carbons (Fsp3) is 0.0714. The van der Waals surface area contributed by atoms with Gasteiger partial charge < -0.3 is 4.74 Å². The van der Waals surface area contributed by atoms with Crippen LogP contribution in [0.25, 0.3) is 0 Å². The summed E-state index contributed by atoms with van der Waals surface area (Å²) < 4.78 is 5.17. The maximum absolute atomic E-state index is 11.6. The number of ether oxygens (including phenoxy) is 1. The molecule has 0 aliphatic heterocycles. The maximum atomic E-state index is 11.6.